The van der Waals surface area contributed by atoms with E-state index in [-0.39, 0.29) is 11.8 Å². The lowest BCUT2D eigenvalue weighted by molar-refractivity contribution is 0.0600. The van der Waals surface area contributed by atoms with E-state index in [2.05, 4.69) is 23.1 Å². The van der Waals surface area contributed by atoms with Gasteiger partial charge in [0, 0.05) is 19.6 Å². The van der Waals surface area contributed by atoms with Crippen molar-refractivity contribution in [3.63, 3.8) is 0 Å². The molecular weight excluding hydrogens is 377 g/mol. The number of hydrogen-bond donors (Lipinski definition) is 0. The second-order valence-corrected chi connectivity index (χ2v) is 7.52. The van der Waals surface area contributed by atoms with Crippen molar-refractivity contribution >= 4 is 17.6 Å². The molecule has 0 N–H and O–H groups in total. The maximum atomic E-state index is 13.5. The molecule has 0 radical (unpaired) electrons. The Morgan fingerprint density at radius 1 is 1.00 bits per heavy atom. The molecule has 1 aliphatic rings. The van der Waals surface area contributed by atoms with Crippen molar-refractivity contribution in [3.8, 4) is 0 Å². The number of carbonyl (C=O) groups is 1. The highest BCUT2D eigenvalue weighted by Crippen LogP contribution is 2.25. The van der Waals surface area contributed by atoms with E-state index < -0.39 is 0 Å². The first kappa shape index (κ1) is 20.0. The van der Waals surface area contributed by atoms with E-state index in [0.29, 0.717) is 5.56 Å². The summed E-state index contributed by atoms with van der Waals surface area (Å²) < 4.78 is 18.3. The molecule has 3 aromatic rings. The largest absolute Gasteiger partial charge is 0.465 e. The Morgan fingerprint density at radius 3 is 2.47 bits per heavy atom. The van der Waals surface area contributed by atoms with E-state index in [1.807, 2.05) is 48.5 Å². The van der Waals surface area contributed by atoms with Crippen molar-refractivity contribution < 1.29 is 13.9 Å². The van der Waals surface area contributed by atoms with E-state index in [4.69, 9.17) is 4.74 Å². The number of hydrogen-bond acceptors (Lipinski definition) is 3. The lowest BCUT2D eigenvalue weighted by atomic mass is 9.96. The highest BCUT2D eigenvalue weighted by molar-refractivity contribution is 5.89. The zero-order valence-electron chi connectivity index (χ0n) is 17.0. The van der Waals surface area contributed by atoms with Crippen molar-refractivity contribution in [2.45, 2.75) is 13.0 Å². The van der Waals surface area contributed by atoms with Crippen LogP contribution in [0, 0.1) is 5.82 Å². The van der Waals surface area contributed by atoms with Crippen molar-refractivity contribution in [1.29, 1.82) is 0 Å². The monoisotopic (exact) mass is 401 g/mol. The second-order valence-electron chi connectivity index (χ2n) is 7.52. The Kier molecular flexibility index (Phi) is 6.05. The predicted octanol–water partition coefficient (Wildman–Crippen LogP) is 5.21. The molecule has 3 nitrogen and oxygen atoms in total. The van der Waals surface area contributed by atoms with Crippen LogP contribution in [0.3, 0.4) is 0 Å². The minimum atomic E-state index is -0.314. The minimum absolute atomic E-state index is 0.236. The van der Waals surface area contributed by atoms with Crippen LogP contribution in [-0.2, 0) is 17.7 Å². The van der Waals surface area contributed by atoms with Gasteiger partial charge in [0.1, 0.15) is 5.82 Å². The third kappa shape index (κ3) is 4.66. The number of esters is 1. The molecule has 4 heteroatoms. The Labute approximate surface area is 176 Å². The first-order chi connectivity index (χ1) is 14.6. The Balaban J connectivity index is 1.60. The molecule has 0 aliphatic carbocycles. The normalized spacial score (nSPS) is 14.3. The number of fused-ring (bicyclic) bond motifs is 1. The van der Waals surface area contributed by atoms with Gasteiger partial charge in [-0.15, -0.1) is 0 Å². The Morgan fingerprint density at radius 2 is 1.73 bits per heavy atom. The van der Waals surface area contributed by atoms with Gasteiger partial charge in [-0.3, -0.25) is 4.90 Å². The van der Waals surface area contributed by atoms with Crippen LogP contribution >= 0.6 is 0 Å². The number of nitrogens with zero attached hydrogens (tertiary/aromatic N) is 1. The SMILES string of the molecule is COC(=O)c1ccc2c(c1)CN(CC(=Cc1ccccc1)c1ccc(F)cc1)CC2. The molecule has 152 valence electrons. The third-order valence-electron chi connectivity index (χ3n) is 5.47. The molecule has 1 heterocycles. The van der Waals surface area contributed by atoms with Gasteiger partial charge in [-0.1, -0.05) is 48.5 Å². The van der Waals surface area contributed by atoms with Crippen LogP contribution in [-0.4, -0.2) is 31.1 Å². The summed E-state index contributed by atoms with van der Waals surface area (Å²) in [4.78, 5) is 14.3. The molecule has 30 heavy (non-hydrogen) atoms. The number of ether oxygens (including phenoxy) is 1. The van der Waals surface area contributed by atoms with Crippen LogP contribution in [0.2, 0.25) is 0 Å². The second kappa shape index (κ2) is 9.06. The molecule has 0 spiro atoms. The van der Waals surface area contributed by atoms with Gasteiger partial charge in [0.05, 0.1) is 12.7 Å². The van der Waals surface area contributed by atoms with E-state index in [1.54, 1.807) is 0 Å². The van der Waals surface area contributed by atoms with E-state index >= 15 is 0 Å². The molecular formula is C26H24FNO2. The molecule has 0 aromatic heterocycles. The molecule has 3 aromatic carbocycles. The van der Waals surface area contributed by atoms with Crippen molar-refractivity contribution in [1.82, 2.24) is 4.90 Å². The summed E-state index contributed by atoms with van der Waals surface area (Å²) in [6.45, 7) is 2.42. The number of benzene rings is 3. The number of halogens is 1. The van der Waals surface area contributed by atoms with Crippen LogP contribution in [0.1, 0.15) is 32.6 Å². The first-order valence-electron chi connectivity index (χ1n) is 10.1. The van der Waals surface area contributed by atoms with Crippen molar-refractivity contribution in [3.05, 3.63) is 106 Å². The number of carbonyl (C=O) groups excluding carboxylic acids is 1. The highest BCUT2D eigenvalue weighted by atomic mass is 19.1. The number of methoxy groups -OCH3 is 1. The van der Waals surface area contributed by atoms with Gasteiger partial charge in [-0.25, -0.2) is 9.18 Å². The molecule has 0 atom stereocenters. The van der Waals surface area contributed by atoms with Crippen molar-refractivity contribution in [2.75, 3.05) is 20.2 Å². The molecule has 0 amide bonds. The van der Waals surface area contributed by atoms with Crippen LogP contribution < -0.4 is 0 Å². The predicted molar refractivity (Wildman–Crippen MR) is 117 cm³/mol. The Bertz CT molecular complexity index is 1060. The van der Waals surface area contributed by atoms with E-state index in [9.17, 15) is 9.18 Å². The zero-order valence-corrected chi connectivity index (χ0v) is 17.0. The van der Waals surface area contributed by atoms with Gasteiger partial charge in [0.25, 0.3) is 0 Å². The van der Waals surface area contributed by atoms with Gasteiger partial charge in [-0.05, 0) is 64.6 Å². The quantitative estimate of drug-likeness (QED) is 0.434. The minimum Gasteiger partial charge on any atom is -0.465 e. The van der Waals surface area contributed by atoms with Gasteiger partial charge in [0.15, 0.2) is 0 Å². The maximum Gasteiger partial charge on any atom is 0.337 e. The Hall–Kier alpha value is -3.24. The smallest absolute Gasteiger partial charge is 0.337 e. The molecule has 0 bridgehead atoms. The lowest BCUT2D eigenvalue weighted by Gasteiger charge is -2.30. The summed E-state index contributed by atoms with van der Waals surface area (Å²) in [5.41, 5.74) is 6.26. The lowest BCUT2D eigenvalue weighted by Crippen LogP contribution is -2.32. The summed E-state index contributed by atoms with van der Waals surface area (Å²) in [6, 6.07) is 22.6. The topological polar surface area (TPSA) is 29.5 Å². The van der Waals surface area contributed by atoms with Gasteiger partial charge < -0.3 is 4.74 Å². The van der Waals surface area contributed by atoms with Gasteiger partial charge >= 0.3 is 5.97 Å². The van der Waals surface area contributed by atoms with Crippen molar-refractivity contribution in [2.24, 2.45) is 0 Å². The molecule has 0 saturated heterocycles. The summed E-state index contributed by atoms with van der Waals surface area (Å²) >= 11 is 0. The molecule has 0 unspecified atom stereocenters. The fourth-order valence-electron chi connectivity index (χ4n) is 3.87. The van der Waals surface area contributed by atoms with E-state index in [1.165, 1.54) is 24.8 Å². The number of rotatable bonds is 5. The standard InChI is InChI=1S/C26H24FNO2/c1-30-26(29)22-8-7-21-13-14-28(18-24(21)16-22)17-23(15-19-5-3-2-4-6-19)20-9-11-25(27)12-10-20/h2-12,15-16H,13-14,17-18H2,1H3. The first-order valence-corrected chi connectivity index (χ1v) is 10.1. The van der Waals surface area contributed by atoms with E-state index in [0.717, 1.165) is 48.3 Å². The molecule has 1 aliphatic heterocycles. The molecule has 0 fully saturated rings. The van der Waals surface area contributed by atoms with Crippen LogP contribution in [0.25, 0.3) is 11.6 Å². The van der Waals surface area contributed by atoms with Crippen LogP contribution in [0.4, 0.5) is 4.39 Å². The molecule has 0 saturated carbocycles. The van der Waals surface area contributed by atoms with Gasteiger partial charge in [0.2, 0.25) is 0 Å². The summed E-state index contributed by atoms with van der Waals surface area (Å²) in [6.07, 6.45) is 3.09. The maximum absolute atomic E-state index is 13.5. The van der Waals surface area contributed by atoms with Crippen LogP contribution in [0.15, 0.2) is 72.8 Å². The highest BCUT2D eigenvalue weighted by Gasteiger charge is 2.19. The summed E-state index contributed by atoms with van der Waals surface area (Å²) in [5, 5.41) is 0. The average molecular weight is 401 g/mol. The fourth-order valence-corrected chi connectivity index (χ4v) is 3.87. The summed E-state index contributed by atoms with van der Waals surface area (Å²) in [7, 11) is 1.40. The third-order valence-corrected chi connectivity index (χ3v) is 5.47. The average Bonchev–Trinajstić information content (AvgIpc) is 2.79. The zero-order chi connectivity index (χ0) is 20.9. The fraction of sp³-hybridized carbons (Fsp3) is 0.192. The molecule has 4 rings (SSSR count). The summed E-state index contributed by atoms with van der Waals surface area (Å²) in [5.74, 6) is -0.550. The van der Waals surface area contributed by atoms with Crippen LogP contribution in [0.5, 0.6) is 0 Å². The van der Waals surface area contributed by atoms with Gasteiger partial charge in [-0.2, -0.15) is 0 Å².